The molecule has 0 amide bonds. The number of rotatable bonds is 3. The van der Waals surface area contributed by atoms with Crippen molar-refractivity contribution in [2.45, 2.75) is 43.5 Å². The predicted molar refractivity (Wildman–Crippen MR) is 71.5 cm³/mol. The first-order valence-electron chi connectivity index (χ1n) is 5.77. The lowest BCUT2D eigenvalue weighted by Crippen LogP contribution is -2.32. The highest BCUT2D eigenvalue weighted by molar-refractivity contribution is 9.10. The molecule has 1 aliphatic rings. The van der Waals surface area contributed by atoms with Gasteiger partial charge in [0.2, 0.25) is 10.0 Å². The molecule has 5 heteroatoms. The molecule has 0 spiro atoms. The molecule has 17 heavy (non-hydrogen) atoms. The molecular formula is C12H16BrNO2S. The second kappa shape index (κ2) is 5.08. The first-order valence-corrected chi connectivity index (χ1v) is 8.05. The van der Waals surface area contributed by atoms with Crippen molar-refractivity contribution in [1.29, 1.82) is 0 Å². The van der Waals surface area contributed by atoms with Crippen molar-refractivity contribution in [2.24, 2.45) is 0 Å². The van der Waals surface area contributed by atoms with Gasteiger partial charge in [0.05, 0.1) is 4.90 Å². The molecule has 0 heterocycles. The molecule has 1 aromatic rings. The van der Waals surface area contributed by atoms with E-state index < -0.39 is 10.0 Å². The van der Waals surface area contributed by atoms with Gasteiger partial charge in [0.1, 0.15) is 0 Å². The molecule has 0 aliphatic heterocycles. The summed E-state index contributed by atoms with van der Waals surface area (Å²) in [6.45, 7) is 1.94. The van der Waals surface area contributed by atoms with E-state index in [1.54, 1.807) is 6.07 Å². The van der Waals surface area contributed by atoms with Crippen LogP contribution < -0.4 is 4.72 Å². The minimum atomic E-state index is -3.39. The van der Waals surface area contributed by atoms with Gasteiger partial charge >= 0.3 is 0 Å². The average molecular weight is 318 g/mol. The summed E-state index contributed by atoms with van der Waals surface area (Å²) in [6, 6.07) is 5.39. The third-order valence-electron chi connectivity index (χ3n) is 3.05. The van der Waals surface area contributed by atoms with E-state index in [-0.39, 0.29) is 6.04 Å². The molecule has 0 bridgehead atoms. The van der Waals surface area contributed by atoms with E-state index in [1.165, 1.54) is 0 Å². The topological polar surface area (TPSA) is 46.2 Å². The van der Waals surface area contributed by atoms with Crippen LogP contribution in [0.2, 0.25) is 0 Å². The van der Waals surface area contributed by atoms with E-state index in [9.17, 15) is 8.42 Å². The van der Waals surface area contributed by atoms with Gasteiger partial charge < -0.3 is 0 Å². The quantitative estimate of drug-likeness (QED) is 0.931. The Morgan fingerprint density at radius 2 is 1.94 bits per heavy atom. The second-order valence-electron chi connectivity index (χ2n) is 4.54. The third kappa shape index (κ3) is 3.09. The van der Waals surface area contributed by atoms with Gasteiger partial charge in [-0.25, -0.2) is 13.1 Å². The van der Waals surface area contributed by atoms with Crippen molar-refractivity contribution >= 4 is 26.0 Å². The van der Waals surface area contributed by atoms with Crippen LogP contribution in [0.15, 0.2) is 27.6 Å². The minimum Gasteiger partial charge on any atom is -0.208 e. The summed E-state index contributed by atoms with van der Waals surface area (Å²) < 4.78 is 27.8. The van der Waals surface area contributed by atoms with Crippen LogP contribution in [0.5, 0.6) is 0 Å². The Labute approximate surface area is 111 Å². The van der Waals surface area contributed by atoms with Gasteiger partial charge in [0.15, 0.2) is 0 Å². The van der Waals surface area contributed by atoms with Crippen molar-refractivity contribution in [2.75, 3.05) is 0 Å². The zero-order valence-electron chi connectivity index (χ0n) is 9.74. The summed E-state index contributed by atoms with van der Waals surface area (Å²) in [4.78, 5) is 0.329. The van der Waals surface area contributed by atoms with E-state index in [2.05, 4.69) is 20.7 Å². The fraction of sp³-hybridized carbons (Fsp3) is 0.500. The van der Waals surface area contributed by atoms with Gasteiger partial charge in [-0.2, -0.15) is 0 Å². The average Bonchev–Trinajstić information content (AvgIpc) is 2.68. The number of halogens is 1. The maximum Gasteiger partial charge on any atom is 0.241 e. The molecule has 2 rings (SSSR count). The Morgan fingerprint density at radius 1 is 1.29 bits per heavy atom. The van der Waals surface area contributed by atoms with Crippen LogP contribution in [0.25, 0.3) is 0 Å². The summed E-state index contributed by atoms with van der Waals surface area (Å²) in [5, 5.41) is 0. The van der Waals surface area contributed by atoms with Crippen LogP contribution in [-0.4, -0.2) is 14.5 Å². The lowest BCUT2D eigenvalue weighted by Gasteiger charge is -2.13. The molecule has 0 radical (unpaired) electrons. The van der Waals surface area contributed by atoms with E-state index in [4.69, 9.17) is 0 Å². The van der Waals surface area contributed by atoms with Gasteiger partial charge in [-0.3, -0.25) is 0 Å². The molecule has 1 N–H and O–H groups in total. The van der Waals surface area contributed by atoms with E-state index in [0.717, 1.165) is 31.2 Å². The van der Waals surface area contributed by atoms with Crippen LogP contribution in [-0.2, 0) is 10.0 Å². The van der Waals surface area contributed by atoms with Gasteiger partial charge in [0.25, 0.3) is 0 Å². The smallest absolute Gasteiger partial charge is 0.208 e. The Kier molecular flexibility index (Phi) is 3.90. The molecule has 1 aliphatic carbocycles. The number of hydrogen-bond donors (Lipinski definition) is 1. The summed E-state index contributed by atoms with van der Waals surface area (Å²) in [5.41, 5.74) is 1.04. The maximum atomic E-state index is 12.2. The van der Waals surface area contributed by atoms with Crippen molar-refractivity contribution in [1.82, 2.24) is 4.72 Å². The summed E-state index contributed by atoms with van der Waals surface area (Å²) in [6.07, 6.45) is 4.12. The van der Waals surface area contributed by atoms with Crippen LogP contribution >= 0.6 is 15.9 Å². The van der Waals surface area contributed by atoms with E-state index in [0.29, 0.717) is 9.37 Å². The number of sulfonamides is 1. The van der Waals surface area contributed by atoms with E-state index >= 15 is 0 Å². The highest BCUT2D eigenvalue weighted by atomic mass is 79.9. The van der Waals surface area contributed by atoms with Crippen molar-refractivity contribution in [3.63, 3.8) is 0 Å². The molecule has 0 atom stereocenters. The minimum absolute atomic E-state index is 0.105. The number of benzene rings is 1. The lowest BCUT2D eigenvalue weighted by molar-refractivity contribution is 0.552. The van der Waals surface area contributed by atoms with Gasteiger partial charge in [0, 0.05) is 10.5 Å². The lowest BCUT2D eigenvalue weighted by atomic mass is 10.2. The monoisotopic (exact) mass is 317 g/mol. The first kappa shape index (κ1) is 13.1. The highest BCUT2D eigenvalue weighted by Gasteiger charge is 2.24. The Balaban J connectivity index is 2.24. The molecule has 1 fully saturated rings. The standard InChI is InChI=1S/C12H16BrNO2S/c1-9-6-7-12(11(13)8-9)17(15,16)14-10-4-2-3-5-10/h6-8,10,14H,2-5H2,1H3. The first-order chi connectivity index (χ1) is 7.99. The number of aryl methyl sites for hydroxylation is 1. The van der Waals surface area contributed by atoms with Gasteiger partial charge in [-0.1, -0.05) is 18.9 Å². The van der Waals surface area contributed by atoms with Crippen LogP contribution in [0, 0.1) is 6.92 Å². The SMILES string of the molecule is Cc1ccc(S(=O)(=O)NC2CCCC2)c(Br)c1. The maximum absolute atomic E-state index is 12.2. The zero-order valence-corrected chi connectivity index (χ0v) is 12.1. The molecule has 0 unspecified atom stereocenters. The van der Waals surface area contributed by atoms with Crippen LogP contribution in [0.1, 0.15) is 31.2 Å². The van der Waals surface area contributed by atoms with Crippen molar-refractivity contribution in [3.05, 3.63) is 28.2 Å². The second-order valence-corrected chi connectivity index (χ2v) is 7.07. The molecular weight excluding hydrogens is 302 g/mol. The fourth-order valence-electron chi connectivity index (χ4n) is 2.15. The Hall–Kier alpha value is -0.390. The molecule has 1 aromatic carbocycles. The third-order valence-corrected chi connectivity index (χ3v) is 5.55. The van der Waals surface area contributed by atoms with E-state index in [1.807, 2.05) is 19.1 Å². The van der Waals surface area contributed by atoms with Crippen LogP contribution in [0.3, 0.4) is 0 Å². The highest BCUT2D eigenvalue weighted by Crippen LogP contribution is 2.25. The fourth-order valence-corrected chi connectivity index (χ4v) is 4.65. The molecule has 0 saturated heterocycles. The molecule has 3 nitrogen and oxygen atoms in total. The van der Waals surface area contributed by atoms with Crippen molar-refractivity contribution < 1.29 is 8.42 Å². The number of hydrogen-bond acceptors (Lipinski definition) is 2. The van der Waals surface area contributed by atoms with Crippen molar-refractivity contribution in [3.8, 4) is 0 Å². The Morgan fingerprint density at radius 3 is 2.53 bits per heavy atom. The number of nitrogens with one attached hydrogen (secondary N) is 1. The van der Waals surface area contributed by atoms with Gasteiger partial charge in [-0.15, -0.1) is 0 Å². The molecule has 94 valence electrons. The van der Waals surface area contributed by atoms with Crippen LogP contribution in [0.4, 0.5) is 0 Å². The Bertz CT molecular complexity index is 507. The molecule has 0 aromatic heterocycles. The normalized spacial score (nSPS) is 17.5. The summed E-state index contributed by atoms with van der Waals surface area (Å²) in [5.74, 6) is 0. The zero-order chi connectivity index (χ0) is 12.5. The predicted octanol–water partition coefficient (Wildman–Crippen LogP) is 2.98. The summed E-state index contributed by atoms with van der Waals surface area (Å²) >= 11 is 3.31. The largest absolute Gasteiger partial charge is 0.241 e. The summed E-state index contributed by atoms with van der Waals surface area (Å²) in [7, 11) is -3.39. The molecule has 1 saturated carbocycles. The van der Waals surface area contributed by atoms with Gasteiger partial charge in [-0.05, 0) is 53.4 Å².